The van der Waals surface area contributed by atoms with Crippen LogP contribution in [-0.2, 0) is 0 Å². The van der Waals surface area contributed by atoms with Crippen molar-refractivity contribution in [2.45, 2.75) is 26.7 Å². The highest BCUT2D eigenvalue weighted by atomic mass is 14.0. The second-order valence-corrected chi connectivity index (χ2v) is 2.86. The first kappa shape index (κ1) is 11.0. The first-order valence-electron chi connectivity index (χ1n) is 4.31. The van der Waals surface area contributed by atoms with Gasteiger partial charge >= 0.3 is 0 Å². The lowest BCUT2D eigenvalue weighted by Gasteiger charge is -2.07. The predicted molar refractivity (Wildman–Crippen MR) is 57.1 cm³/mol. The Balaban J connectivity index is 4.66. The molecule has 0 nitrogen and oxygen atoms in total. The summed E-state index contributed by atoms with van der Waals surface area (Å²) in [5, 5.41) is 0. The van der Waals surface area contributed by atoms with Crippen molar-refractivity contribution in [3.63, 3.8) is 0 Å². The van der Waals surface area contributed by atoms with Crippen LogP contribution in [0.1, 0.15) is 26.7 Å². The Labute approximate surface area is 76.0 Å². The van der Waals surface area contributed by atoms with Crippen LogP contribution in [0.5, 0.6) is 0 Å². The van der Waals surface area contributed by atoms with Gasteiger partial charge in [0.15, 0.2) is 0 Å². The zero-order valence-corrected chi connectivity index (χ0v) is 8.19. The van der Waals surface area contributed by atoms with Crippen molar-refractivity contribution in [2.24, 2.45) is 0 Å². The third kappa shape index (κ3) is 2.91. The molecule has 0 rings (SSSR count). The minimum absolute atomic E-state index is 1.03. The summed E-state index contributed by atoms with van der Waals surface area (Å²) in [5.74, 6) is 0. The van der Waals surface area contributed by atoms with Gasteiger partial charge in [-0.3, -0.25) is 0 Å². The molecule has 0 aromatic carbocycles. The van der Waals surface area contributed by atoms with Gasteiger partial charge in [-0.25, -0.2) is 0 Å². The second kappa shape index (κ2) is 5.59. The van der Waals surface area contributed by atoms with Crippen LogP contribution in [0, 0.1) is 0 Å². The van der Waals surface area contributed by atoms with Gasteiger partial charge in [0.25, 0.3) is 0 Å². The summed E-state index contributed by atoms with van der Waals surface area (Å²) < 4.78 is 0. The molecule has 0 amide bonds. The summed E-state index contributed by atoms with van der Waals surface area (Å²) in [6.07, 6.45) is 5.86. The summed E-state index contributed by atoms with van der Waals surface area (Å²) >= 11 is 0. The topological polar surface area (TPSA) is 0 Å². The highest BCUT2D eigenvalue weighted by molar-refractivity contribution is 5.43. The summed E-state index contributed by atoms with van der Waals surface area (Å²) in [6, 6.07) is 0. The fourth-order valence-corrected chi connectivity index (χ4v) is 1.13. The van der Waals surface area contributed by atoms with E-state index in [9.17, 15) is 0 Å². The molecule has 0 spiro atoms. The molecular weight excluding hydrogens is 144 g/mol. The number of allylic oxidation sites excluding steroid dienone is 5. The molecule has 0 radical (unpaired) electrons. The number of hydrogen-bond donors (Lipinski definition) is 0. The Bertz CT molecular complexity index is 216. The molecule has 0 unspecified atom stereocenters. The SMILES string of the molecule is C=C/C(C)=C(\C=C)C(=C)CCC. The maximum atomic E-state index is 4.01. The number of hydrogen-bond acceptors (Lipinski definition) is 0. The molecule has 0 fully saturated rings. The first-order chi connectivity index (χ1) is 5.67. The molecule has 0 heteroatoms. The van der Waals surface area contributed by atoms with E-state index >= 15 is 0 Å². The molecule has 0 aliphatic rings. The zero-order valence-electron chi connectivity index (χ0n) is 8.19. The molecule has 66 valence electrons. The average Bonchev–Trinajstić information content (AvgIpc) is 2.06. The molecule has 0 aromatic rings. The molecule has 0 heterocycles. The van der Waals surface area contributed by atoms with E-state index in [1.54, 1.807) is 0 Å². The quantitative estimate of drug-likeness (QED) is 0.535. The third-order valence-electron chi connectivity index (χ3n) is 1.87. The highest BCUT2D eigenvalue weighted by Gasteiger charge is 1.99. The standard InChI is InChI=1S/C12H18/c1-6-9-11(5)12(8-3)10(4)7-2/h7-8H,2-3,5-6,9H2,1,4H3/b12-10+. The monoisotopic (exact) mass is 162 g/mol. The van der Waals surface area contributed by atoms with Crippen LogP contribution in [0.25, 0.3) is 0 Å². The van der Waals surface area contributed by atoms with E-state index in [-0.39, 0.29) is 0 Å². The van der Waals surface area contributed by atoms with Crippen LogP contribution in [-0.4, -0.2) is 0 Å². The third-order valence-corrected chi connectivity index (χ3v) is 1.87. The first-order valence-corrected chi connectivity index (χ1v) is 4.31. The van der Waals surface area contributed by atoms with Gasteiger partial charge in [0.1, 0.15) is 0 Å². The van der Waals surface area contributed by atoms with Crippen molar-refractivity contribution in [1.82, 2.24) is 0 Å². The molecular formula is C12H18. The highest BCUT2D eigenvalue weighted by Crippen LogP contribution is 2.19. The summed E-state index contributed by atoms with van der Waals surface area (Å²) in [5.41, 5.74) is 3.46. The fraction of sp³-hybridized carbons (Fsp3) is 0.333. The minimum Gasteiger partial charge on any atom is -0.0988 e. The van der Waals surface area contributed by atoms with E-state index in [0.29, 0.717) is 0 Å². The van der Waals surface area contributed by atoms with Gasteiger partial charge in [-0.05, 0) is 30.1 Å². The van der Waals surface area contributed by atoms with Crippen LogP contribution in [0.2, 0.25) is 0 Å². The molecule has 0 N–H and O–H groups in total. The van der Waals surface area contributed by atoms with Crippen LogP contribution in [0.15, 0.2) is 48.6 Å². The van der Waals surface area contributed by atoms with Gasteiger partial charge in [0.05, 0.1) is 0 Å². The smallest absolute Gasteiger partial charge is 0.0207 e. The van der Waals surface area contributed by atoms with Crippen LogP contribution < -0.4 is 0 Å². The fourth-order valence-electron chi connectivity index (χ4n) is 1.13. The van der Waals surface area contributed by atoms with E-state index < -0.39 is 0 Å². The molecule has 0 atom stereocenters. The molecule has 0 saturated heterocycles. The summed E-state index contributed by atoms with van der Waals surface area (Å²) in [7, 11) is 0. The lowest BCUT2D eigenvalue weighted by molar-refractivity contribution is 0.919. The van der Waals surface area contributed by atoms with Crippen molar-refractivity contribution in [3.8, 4) is 0 Å². The second-order valence-electron chi connectivity index (χ2n) is 2.86. The maximum Gasteiger partial charge on any atom is -0.0207 e. The van der Waals surface area contributed by atoms with Crippen molar-refractivity contribution in [2.75, 3.05) is 0 Å². The molecule has 0 bridgehead atoms. The Morgan fingerprint density at radius 2 is 1.83 bits per heavy atom. The van der Waals surface area contributed by atoms with Gasteiger partial charge in [-0.15, -0.1) is 0 Å². The Morgan fingerprint density at radius 3 is 2.17 bits per heavy atom. The van der Waals surface area contributed by atoms with Crippen molar-refractivity contribution >= 4 is 0 Å². The number of rotatable bonds is 5. The van der Waals surface area contributed by atoms with Crippen LogP contribution in [0.4, 0.5) is 0 Å². The molecule has 0 aliphatic carbocycles. The average molecular weight is 162 g/mol. The van der Waals surface area contributed by atoms with Gasteiger partial charge in [0.2, 0.25) is 0 Å². The predicted octanol–water partition coefficient (Wildman–Crippen LogP) is 4.03. The van der Waals surface area contributed by atoms with E-state index in [1.165, 1.54) is 0 Å². The Hall–Kier alpha value is -1.04. The summed E-state index contributed by atoms with van der Waals surface area (Å²) in [4.78, 5) is 0. The van der Waals surface area contributed by atoms with Gasteiger partial charge in [-0.1, -0.05) is 45.2 Å². The molecule has 0 saturated carbocycles. The van der Waals surface area contributed by atoms with Gasteiger partial charge in [0, 0.05) is 0 Å². The van der Waals surface area contributed by atoms with Crippen LogP contribution >= 0.6 is 0 Å². The van der Waals surface area contributed by atoms with Gasteiger partial charge < -0.3 is 0 Å². The normalized spacial score (nSPS) is 11.8. The lowest BCUT2D eigenvalue weighted by Crippen LogP contribution is -1.87. The molecule has 0 aromatic heterocycles. The largest absolute Gasteiger partial charge is 0.0988 e. The Kier molecular flexibility index (Phi) is 5.11. The van der Waals surface area contributed by atoms with Crippen molar-refractivity contribution < 1.29 is 0 Å². The van der Waals surface area contributed by atoms with E-state index in [4.69, 9.17) is 0 Å². The van der Waals surface area contributed by atoms with E-state index in [0.717, 1.165) is 29.6 Å². The zero-order chi connectivity index (χ0) is 9.56. The molecule has 0 aliphatic heterocycles. The minimum atomic E-state index is 1.03. The maximum absolute atomic E-state index is 4.01. The van der Waals surface area contributed by atoms with Crippen molar-refractivity contribution in [3.05, 3.63) is 48.6 Å². The lowest BCUT2D eigenvalue weighted by atomic mass is 9.99. The summed E-state index contributed by atoms with van der Waals surface area (Å²) in [6.45, 7) is 15.7. The molecule has 12 heavy (non-hydrogen) atoms. The van der Waals surface area contributed by atoms with Crippen LogP contribution in [0.3, 0.4) is 0 Å². The van der Waals surface area contributed by atoms with E-state index in [1.807, 2.05) is 19.1 Å². The van der Waals surface area contributed by atoms with Crippen molar-refractivity contribution in [1.29, 1.82) is 0 Å². The van der Waals surface area contributed by atoms with E-state index in [2.05, 4.69) is 26.7 Å². The van der Waals surface area contributed by atoms with Gasteiger partial charge in [-0.2, -0.15) is 0 Å². The Morgan fingerprint density at radius 1 is 1.25 bits per heavy atom.